The Balaban J connectivity index is 2.21. The van der Waals surface area contributed by atoms with Crippen LogP contribution in [0.5, 0.6) is 5.75 Å². The molecule has 1 heterocycles. The Hall–Kier alpha value is -1.07. The Morgan fingerprint density at radius 3 is 2.89 bits per heavy atom. The highest BCUT2D eigenvalue weighted by atomic mass is 79.9. The van der Waals surface area contributed by atoms with Gasteiger partial charge in [0, 0.05) is 6.54 Å². The van der Waals surface area contributed by atoms with Gasteiger partial charge in [-0.2, -0.15) is 5.10 Å². The molecule has 2 aromatic rings. The minimum Gasteiger partial charge on any atom is -0.484 e. The van der Waals surface area contributed by atoms with Crippen LogP contribution in [0.1, 0.15) is 18.3 Å². The Kier molecular flexibility index (Phi) is 4.47. The van der Waals surface area contributed by atoms with Crippen molar-refractivity contribution < 1.29 is 9.13 Å². The van der Waals surface area contributed by atoms with Crippen molar-refractivity contribution in [2.45, 2.75) is 27.0 Å². The van der Waals surface area contributed by atoms with Crippen molar-refractivity contribution in [2.24, 2.45) is 0 Å². The van der Waals surface area contributed by atoms with Gasteiger partial charge < -0.3 is 4.74 Å². The molecule has 3 nitrogen and oxygen atoms in total. The van der Waals surface area contributed by atoms with E-state index < -0.39 is 5.82 Å². The third-order valence-electron chi connectivity index (χ3n) is 2.73. The molecule has 19 heavy (non-hydrogen) atoms. The number of hydrogen-bond acceptors (Lipinski definition) is 2. The lowest BCUT2D eigenvalue weighted by atomic mass is 10.3. The third-order valence-corrected chi connectivity index (χ3v) is 4.06. The molecule has 0 N–H and O–H groups in total. The minimum atomic E-state index is -0.542. The van der Waals surface area contributed by atoms with Crippen molar-refractivity contribution in [3.05, 3.63) is 44.9 Å². The van der Waals surface area contributed by atoms with E-state index in [-0.39, 0.29) is 17.4 Å². The van der Waals surface area contributed by atoms with Crippen LogP contribution in [0.2, 0.25) is 5.02 Å². The highest BCUT2D eigenvalue weighted by molar-refractivity contribution is 9.10. The molecule has 0 unspecified atom stereocenters. The third kappa shape index (κ3) is 2.92. The van der Waals surface area contributed by atoms with Crippen LogP contribution >= 0.6 is 27.5 Å². The highest BCUT2D eigenvalue weighted by Gasteiger charge is 2.14. The summed E-state index contributed by atoms with van der Waals surface area (Å²) in [5, 5.41) is 4.40. The number of ether oxygens (including phenoxy) is 1. The molecule has 1 aromatic heterocycles. The molecule has 6 heteroatoms. The average molecular weight is 348 g/mol. The van der Waals surface area contributed by atoms with Crippen molar-refractivity contribution >= 4 is 27.5 Å². The van der Waals surface area contributed by atoms with Crippen molar-refractivity contribution in [3.8, 4) is 5.75 Å². The van der Waals surface area contributed by atoms with Gasteiger partial charge in [0.2, 0.25) is 0 Å². The zero-order chi connectivity index (χ0) is 14.0. The number of nitrogens with zero attached hydrogens (tertiary/aromatic N) is 2. The van der Waals surface area contributed by atoms with Crippen molar-refractivity contribution in [3.63, 3.8) is 0 Å². The molecular formula is C13H13BrClFN2O. The van der Waals surface area contributed by atoms with Gasteiger partial charge in [-0.15, -0.1) is 0 Å². The van der Waals surface area contributed by atoms with Crippen molar-refractivity contribution in [1.82, 2.24) is 9.78 Å². The zero-order valence-electron chi connectivity index (χ0n) is 10.6. The lowest BCUT2D eigenvalue weighted by Crippen LogP contribution is -2.07. The van der Waals surface area contributed by atoms with Crippen LogP contribution in [0.15, 0.2) is 22.7 Å². The highest BCUT2D eigenvalue weighted by Crippen LogP contribution is 2.27. The predicted octanol–water partition coefficient (Wildman–Crippen LogP) is 4.35. The van der Waals surface area contributed by atoms with Crippen LogP contribution in [-0.4, -0.2) is 9.78 Å². The average Bonchev–Trinajstić information content (AvgIpc) is 2.67. The van der Waals surface area contributed by atoms with Gasteiger partial charge in [0.05, 0.1) is 20.9 Å². The predicted molar refractivity (Wildman–Crippen MR) is 76.1 cm³/mol. The molecule has 0 radical (unpaired) electrons. The lowest BCUT2D eigenvalue weighted by Gasteiger charge is -2.09. The molecule has 0 atom stereocenters. The Labute approximate surface area is 124 Å². The molecule has 0 aliphatic rings. The molecule has 2 rings (SSSR count). The number of hydrogen-bond donors (Lipinski definition) is 0. The smallest absolute Gasteiger partial charge is 0.183 e. The first-order valence-electron chi connectivity index (χ1n) is 5.83. The van der Waals surface area contributed by atoms with E-state index in [9.17, 15) is 4.39 Å². The topological polar surface area (TPSA) is 27.1 Å². The fourth-order valence-corrected chi connectivity index (χ4v) is 2.31. The number of aromatic nitrogens is 2. The summed E-state index contributed by atoms with van der Waals surface area (Å²) >= 11 is 9.17. The van der Waals surface area contributed by atoms with E-state index in [1.807, 2.05) is 18.5 Å². The quantitative estimate of drug-likeness (QED) is 0.822. The van der Waals surface area contributed by atoms with Crippen LogP contribution in [-0.2, 0) is 13.2 Å². The van der Waals surface area contributed by atoms with Crippen molar-refractivity contribution in [1.29, 1.82) is 0 Å². The summed E-state index contributed by atoms with van der Waals surface area (Å²) in [4.78, 5) is 0. The van der Waals surface area contributed by atoms with Crippen molar-refractivity contribution in [2.75, 3.05) is 0 Å². The summed E-state index contributed by atoms with van der Waals surface area (Å²) in [6, 6.07) is 4.69. The van der Waals surface area contributed by atoms with E-state index in [4.69, 9.17) is 16.3 Å². The van der Waals surface area contributed by atoms with Gasteiger partial charge in [0.25, 0.3) is 0 Å². The monoisotopic (exact) mass is 346 g/mol. The van der Waals surface area contributed by atoms with E-state index in [0.29, 0.717) is 0 Å². The first kappa shape index (κ1) is 14.3. The first-order valence-corrected chi connectivity index (χ1v) is 7.00. The standard InChI is InChI=1S/C13H13BrClFN2O/c1-3-18-10(12(14)8(2)17-18)7-19-11-6-4-5-9(15)13(11)16/h4-6H,3,7H2,1-2H3. The summed E-state index contributed by atoms with van der Waals surface area (Å²) in [5.41, 5.74) is 1.76. The van der Waals surface area contributed by atoms with E-state index >= 15 is 0 Å². The summed E-state index contributed by atoms with van der Waals surface area (Å²) in [6.07, 6.45) is 0. The first-order chi connectivity index (χ1) is 9.04. The van der Waals surface area contributed by atoms with E-state index in [1.165, 1.54) is 6.07 Å². The van der Waals surface area contributed by atoms with Crippen LogP contribution in [0.25, 0.3) is 0 Å². The van der Waals surface area contributed by atoms with Crippen LogP contribution in [0.4, 0.5) is 4.39 Å². The van der Waals surface area contributed by atoms with Gasteiger partial charge in [0.15, 0.2) is 11.6 Å². The maximum atomic E-state index is 13.7. The van der Waals surface area contributed by atoms with Gasteiger partial charge in [-0.05, 0) is 41.9 Å². The van der Waals surface area contributed by atoms with Gasteiger partial charge in [-0.1, -0.05) is 17.7 Å². The molecule has 0 fully saturated rings. The lowest BCUT2D eigenvalue weighted by molar-refractivity contribution is 0.277. The summed E-state index contributed by atoms with van der Waals surface area (Å²) in [7, 11) is 0. The van der Waals surface area contributed by atoms with Gasteiger partial charge >= 0.3 is 0 Å². The van der Waals surface area contributed by atoms with E-state index in [1.54, 1.807) is 12.1 Å². The zero-order valence-corrected chi connectivity index (χ0v) is 12.9. The molecule has 1 aromatic carbocycles. The largest absolute Gasteiger partial charge is 0.484 e. The van der Waals surface area contributed by atoms with Gasteiger partial charge in [-0.3, -0.25) is 4.68 Å². The Morgan fingerprint density at radius 2 is 2.21 bits per heavy atom. The van der Waals surface area contributed by atoms with Crippen LogP contribution in [0.3, 0.4) is 0 Å². The molecule has 0 bridgehead atoms. The maximum Gasteiger partial charge on any atom is 0.183 e. The molecule has 102 valence electrons. The SMILES string of the molecule is CCn1nc(C)c(Br)c1COc1cccc(Cl)c1F. The molecule has 0 saturated heterocycles. The number of halogens is 3. The molecule has 0 aliphatic heterocycles. The second-order valence-electron chi connectivity index (χ2n) is 4.00. The molecule has 0 aliphatic carbocycles. The number of rotatable bonds is 4. The maximum absolute atomic E-state index is 13.7. The second-order valence-corrected chi connectivity index (χ2v) is 5.20. The van der Waals surface area contributed by atoms with Gasteiger partial charge in [-0.25, -0.2) is 4.39 Å². The minimum absolute atomic E-state index is 0.0525. The Morgan fingerprint density at radius 1 is 1.47 bits per heavy atom. The normalized spacial score (nSPS) is 10.8. The van der Waals surface area contributed by atoms with E-state index in [0.717, 1.165) is 22.4 Å². The van der Waals surface area contributed by atoms with Gasteiger partial charge in [0.1, 0.15) is 6.61 Å². The van der Waals surface area contributed by atoms with Crippen LogP contribution in [0, 0.1) is 12.7 Å². The van der Waals surface area contributed by atoms with E-state index in [2.05, 4.69) is 21.0 Å². The summed E-state index contributed by atoms with van der Waals surface area (Å²) in [6.45, 7) is 4.84. The molecular weight excluding hydrogens is 335 g/mol. The van der Waals surface area contributed by atoms with Crippen LogP contribution < -0.4 is 4.74 Å². The summed E-state index contributed by atoms with van der Waals surface area (Å²) < 4.78 is 21.9. The molecule has 0 spiro atoms. The molecule has 0 saturated carbocycles. The molecule has 0 amide bonds. The number of benzene rings is 1. The fourth-order valence-electron chi connectivity index (χ4n) is 1.75. The summed E-state index contributed by atoms with van der Waals surface area (Å²) in [5.74, 6) is -0.402. The number of aryl methyl sites for hydroxylation is 2. The second kappa shape index (κ2) is 5.92. The fraction of sp³-hybridized carbons (Fsp3) is 0.308. The Bertz CT molecular complexity index is 601.